The maximum atomic E-state index is 12.9. The first kappa shape index (κ1) is 15.7. The maximum absolute atomic E-state index is 12.9. The number of aliphatic hydroxyl groups excluding tert-OH is 1. The Morgan fingerprint density at radius 3 is 2.96 bits per heavy atom. The number of benzene rings is 1. The van der Waals surface area contributed by atoms with E-state index in [0.29, 0.717) is 12.8 Å². The average Bonchev–Trinajstić information content (AvgIpc) is 3.07. The largest absolute Gasteiger partial charge is 0.396 e. The minimum Gasteiger partial charge on any atom is -0.396 e. The topological polar surface area (TPSA) is 58.4 Å². The van der Waals surface area contributed by atoms with Crippen molar-refractivity contribution in [2.45, 2.75) is 31.8 Å². The Bertz CT molecular complexity index is 653. The van der Waals surface area contributed by atoms with E-state index < -0.39 is 0 Å². The van der Waals surface area contributed by atoms with Crippen molar-refractivity contribution in [1.82, 2.24) is 14.5 Å². The number of aryl methyl sites for hydroxylation is 1. The molecule has 0 bridgehead atoms. The lowest BCUT2D eigenvalue weighted by molar-refractivity contribution is -0.137. The number of fused-ring (bicyclic) bond motifs is 1. The minimum atomic E-state index is -0.0876. The summed E-state index contributed by atoms with van der Waals surface area (Å²) in [6.07, 6.45) is 5.85. The number of aromatic nitrogens is 2. The standard InChI is InChI=1S/C18H23N3O2/c1-20(16(8-12-22)14-5-3-2-4-6-14)18(23)15-7-10-21-11-9-19-17(21)13-15/h2-6,9,11,15-16,22H,7-8,10,12-13H2,1H3. The molecule has 5 nitrogen and oxygen atoms in total. The molecule has 122 valence electrons. The highest BCUT2D eigenvalue weighted by Crippen LogP contribution is 2.27. The molecule has 3 rings (SSSR count). The van der Waals surface area contributed by atoms with Crippen molar-refractivity contribution in [3.05, 3.63) is 54.1 Å². The second kappa shape index (κ2) is 6.96. The van der Waals surface area contributed by atoms with Gasteiger partial charge in [0.05, 0.1) is 6.04 Å². The van der Waals surface area contributed by atoms with Crippen LogP contribution in [-0.4, -0.2) is 39.1 Å². The highest BCUT2D eigenvalue weighted by Gasteiger charge is 2.30. The van der Waals surface area contributed by atoms with Crippen LogP contribution in [0.2, 0.25) is 0 Å². The van der Waals surface area contributed by atoms with Crippen molar-refractivity contribution in [2.75, 3.05) is 13.7 Å². The molecule has 2 aromatic rings. The number of amides is 1. The third kappa shape index (κ3) is 3.29. The molecule has 0 spiro atoms. The van der Waals surface area contributed by atoms with Crippen molar-refractivity contribution < 1.29 is 9.90 Å². The van der Waals surface area contributed by atoms with Crippen LogP contribution in [0.1, 0.15) is 30.3 Å². The summed E-state index contributed by atoms with van der Waals surface area (Å²) in [5, 5.41) is 9.39. The van der Waals surface area contributed by atoms with E-state index >= 15 is 0 Å². The number of rotatable bonds is 5. The number of hydrogen-bond donors (Lipinski definition) is 1. The SMILES string of the molecule is CN(C(=O)C1CCn2ccnc2C1)C(CCO)c1ccccc1. The Labute approximate surface area is 136 Å². The predicted molar refractivity (Wildman–Crippen MR) is 87.7 cm³/mol. The highest BCUT2D eigenvalue weighted by atomic mass is 16.3. The number of nitrogens with zero attached hydrogens (tertiary/aromatic N) is 3. The van der Waals surface area contributed by atoms with Crippen LogP contribution in [0.15, 0.2) is 42.7 Å². The van der Waals surface area contributed by atoms with Crippen molar-refractivity contribution >= 4 is 5.91 Å². The van der Waals surface area contributed by atoms with E-state index in [1.54, 1.807) is 11.1 Å². The third-order valence-corrected chi connectivity index (χ3v) is 4.70. The summed E-state index contributed by atoms with van der Waals surface area (Å²) in [5.74, 6) is 1.10. The number of carbonyl (C=O) groups excluding carboxylic acids is 1. The molecular weight excluding hydrogens is 290 g/mol. The zero-order valence-corrected chi connectivity index (χ0v) is 13.4. The summed E-state index contributed by atoms with van der Waals surface area (Å²) in [7, 11) is 1.84. The molecule has 0 radical (unpaired) electrons. The molecule has 1 aliphatic rings. The Morgan fingerprint density at radius 2 is 2.22 bits per heavy atom. The van der Waals surface area contributed by atoms with E-state index in [0.717, 1.165) is 24.4 Å². The zero-order chi connectivity index (χ0) is 16.2. The molecule has 1 aliphatic heterocycles. The van der Waals surface area contributed by atoms with Gasteiger partial charge in [-0.25, -0.2) is 4.98 Å². The van der Waals surface area contributed by atoms with Gasteiger partial charge in [0.25, 0.3) is 0 Å². The van der Waals surface area contributed by atoms with Gasteiger partial charge in [0.15, 0.2) is 0 Å². The van der Waals surface area contributed by atoms with Crippen LogP contribution in [-0.2, 0) is 17.8 Å². The van der Waals surface area contributed by atoms with Crippen LogP contribution in [0.25, 0.3) is 0 Å². The van der Waals surface area contributed by atoms with Crippen LogP contribution in [0.4, 0.5) is 0 Å². The van der Waals surface area contributed by atoms with Gasteiger partial charge in [-0.05, 0) is 18.4 Å². The normalized spacial score (nSPS) is 18.3. The van der Waals surface area contributed by atoms with E-state index in [1.165, 1.54) is 0 Å². The number of carbonyl (C=O) groups is 1. The fourth-order valence-corrected chi connectivity index (χ4v) is 3.38. The molecule has 0 aliphatic carbocycles. The van der Waals surface area contributed by atoms with Gasteiger partial charge in [-0.2, -0.15) is 0 Å². The monoisotopic (exact) mass is 313 g/mol. The highest BCUT2D eigenvalue weighted by molar-refractivity contribution is 5.79. The van der Waals surface area contributed by atoms with Crippen molar-refractivity contribution in [2.24, 2.45) is 5.92 Å². The second-order valence-corrected chi connectivity index (χ2v) is 6.11. The molecule has 2 unspecified atom stereocenters. The molecule has 0 saturated carbocycles. The van der Waals surface area contributed by atoms with E-state index in [9.17, 15) is 9.90 Å². The Hall–Kier alpha value is -2.14. The van der Waals surface area contributed by atoms with E-state index in [-0.39, 0.29) is 24.5 Å². The summed E-state index contributed by atoms with van der Waals surface area (Å²) in [5.41, 5.74) is 1.06. The Kier molecular flexibility index (Phi) is 4.76. The molecule has 1 N–H and O–H groups in total. The Morgan fingerprint density at radius 1 is 1.43 bits per heavy atom. The fraction of sp³-hybridized carbons (Fsp3) is 0.444. The quantitative estimate of drug-likeness (QED) is 0.919. The summed E-state index contributed by atoms with van der Waals surface area (Å²) >= 11 is 0. The van der Waals surface area contributed by atoms with Crippen LogP contribution in [0.3, 0.4) is 0 Å². The molecule has 0 saturated heterocycles. The van der Waals surface area contributed by atoms with Gasteiger partial charge in [0, 0.05) is 44.9 Å². The second-order valence-electron chi connectivity index (χ2n) is 6.11. The number of aliphatic hydroxyl groups is 1. The lowest BCUT2D eigenvalue weighted by Crippen LogP contribution is -2.39. The average molecular weight is 313 g/mol. The summed E-state index contributed by atoms with van der Waals surface area (Å²) < 4.78 is 2.12. The predicted octanol–water partition coefficient (Wildman–Crippen LogP) is 2.03. The summed E-state index contributed by atoms with van der Waals surface area (Å²) in [6.45, 7) is 0.905. The molecule has 2 atom stereocenters. The number of hydrogen-bond acceptors (Lipinski definition) is 3. The van der Waals surface area contributed by atoms with E-state index in [2.05, 4.69) is 9.55 Å². The lowest BCUT2D eigenvalue weighted by Gasteiger charge is -2.33. The molecule has 0 fully saturated rings. The minimum absolute atomic E-state index is 0.0280. The van der Waals surface area contributed by atoms with Gasteiger partial charge in [0.1, 0.15) is 5.82 Å². The molecule has 5 heteroatoms. The summed E-state index contributed by atoms with van der Waals surface area (Å²) in [4.78, 5) is 19.1. The van der Waals surface area contributed by atoms with Crippen LogP contribution in [0, 0.1) is 5.92 Å². The molecule has 1 aromatic heterocycles. The smallest absolute Gasteiger partial charge is 0.226 e. The van der Waals surface area contributed by atoms with Gasteiger partial charge in [0.2, 0.25) is 5.91 Å². The molecular formula is C18H23N3O2. The van der Waals surface area contributed by atoms with Gasteiger partial charge < -0.3 is 14.6 Å². The van der Waals surface area contributed by atoms with Crippen LogP contribution >= 0.6 is 0 Å². The van der Waals surface area contributed by atoms with Gasteiger partial charge in [-0.1, -0.05) is 30.3 Å². The van der Waals surface area contributed by atoms with Crippen molar-refractivity contribution in [1.29, 1.82) is 0 Å². The Balaban J connectivity index is 1.75. The first-order chi connectivity index (χ1) is 11.2. The molecule has 2 heterocycles. The van der Waals surface area contributed by atoms with E-state index in [4.69, 9.17) is 0 Å². The number of imidazole rings is 1. The van der Waals surface area contributed by atoms with Gasteiger partial charge >= 0.3 is 0 Å². The third-order valence-electron chi connectivity index (χ3n) is 4.70. The van der Waals surface area contributed by atoms with Gasteiger partial charge in [-0.3, -0.25) is 4.79 Å². The van der Waals surface area contributed by atoms with Gasteiger partial charge in [-0.15, -0.1) is 0 Å². The fourth-order valence-electron chi connectivity index (χ4n) is 3.38. The van der Waals surface area contributed by atoms with E-state index in [1.807, 2.05) is 43.6 Å². The zero-order valence-electron chi connectivity index (χ0n) is 13.4. The lowest BCUT2D eigenvalue weighted by atomic mass is 9.94. The molecule has 1 aromatic carbocycles. The van der Waals surface area contributed by atoms with Crippen LogP contribution < -0.4 is 0 Å². The first-order valence-electron chi connectivity index (χ1n) is 8.13. The molecule has 23 heavy (non-hydrogen) atoms. The molecule has 1 amide bonds. The van der Waals surface area contributed by atoms with Crippen molar-refractivity contribution in [3.63, 3.8) is 0 Å². The first-order valence-corrected chi connectivity index (χ1v) is 8.13. The summed E-state index contributed by atoms with van der Waals surface area (Å²) in [6, 6.07) is 9.83. The van der Waals surface area contributed by atoms with Crippen molar-refractivity contribution in [3.8, 4) is 0 Å². The maximum Gasteiger partial charge on any atom is 0.226 e. The van der Waals surface area contributed by atoms with Crippen LogP contribution in [0.5, 0.6) is 0 Å².